The van der Waals surface area contributed by atoms with Crippen molar-refractivity contribution >= 4 is 23.2 Å². The van der Waals surface area contributed by atoms with Crippen LogP contribution in [0.1, 0.15) is 17.2 Å². The number of ether oxygens (including phenoxy) is 1. The molecule has 1 N–H and O–H groups in total. The Morgan fingerprint density at radius 3 is 2.27 bits per heavy atom. The molecule has 1 aromatic heterocycles. The molecule has 2 aromatic rings. The van der Waals surface area contributed by atoms with Crippen LogP contribution >= 0.6 is 23.2 Å². The molecule has 0 saturated carbocycles. The fraction of sp³-hybridized carbons (Fsp3) is 0.353. The number of nitrogens with zero attached hydrogens (tertiary/aromatic N) is 2. The molecule has 0 spiro atoms. The van der Waals surface area contributed by atoms with Gasteiger partial charge in [-0.05, 0) is 23.8 Å². The van der Waals surface area contributed by atoms with Crippen LogP contribution in [0.15, 0.2) is 36.4 Å². The van der Waals surface area contributed by atoms with Crippen molar-refractivity contribution in [2.45, 2.75) is 12.4 Å². The molecule has 1 aliphatic rings. The summed E-state index contributed by atoms with van der Waals surface area (Å²) in [5, 5.41) is 3.83. The predicted molar refractivity (Wildman–Crippen MR) is 93.7 cm³/mol. The first kappa shape index (κ1) is 19.2. The summed E-state index contributed by atoms with van der Waals surface area (Å²) >= 11 is 12.2. The molecule has 0 bridgehead atoms. The summed E-state index contributed by atoms with van der Waals surface area (Å²) in [6.07, 6.45) is -4.72. The van der Waals surface area contributed by atoms with Crippen LogP contribution in [-0.2, 0) is 0 Å². The molecule has 1 fully saturated rings. The normalized spacial score (nSPS) is 17.1. The molecule has 1 aromatic carbocycles. The molecule has 3 rings (SSSR count). The lowest BCUT2D eigenvalue weighted by molar-refractivity contribution is -0.274. The number of hydrogen-bond donors (Lipinski definition) is 1. The van der Waals surface area contributed by atoms with Gasteiger partial charge in [0.15, 0.2) is 0 Å². The third kappa shape index (κ3) is 4.79. The van der Waals surface area contributed by atoms with E-state index in [1.165, 1.54) is 12.1 Å². The van der Waals surface area contributed by atoms with Crippen molar-refractivity contribution in [1.82, 2.24) is 15.2 Å². The van der Waals surface area contributed by atoms with Gasteiger partial charge in [0.05, 0.1) is 6.04 Å². The molecular formula is C17H16Cl2F3N3O. The van der Waals surface area contributed by atoms with Gasteiger partial charge in [-0.2, -0.15) is 0 Å². The fourth-order valence-corrected chi connectivity index (χ4v) is 3.45. The number of halogens is 5. The molecule has 9 heteroatoms. The zero-order valence-corrected chi connectivity index (χ0v) is 15.1. The van der Waals surface area contributed by atoms with E-state index in [2.05, 4.69) is 19.9 Å². The second-order valence-corrected chi connectivity index (χ2v) is 6.56. The fourth-order valence-electron chi connectivity index (χ4n) is 3.01. The number of rotatable bonds is 4. The smallest absolute Gasteiger partial charge is 0.406 e. The number of alkyl halides is 3. The highest BCUT2D eigenvalue weighted by molar-refractivity contribution is 6.32. The van der Waals surface area contributed by atoms with Crippen LogP contribution in [0.2, 0.25) is 10.3 Å². The first-order chi connectivity index (χ1) is 12.3. The largest absolute Gasteiger partial charge is 0.573 e. The van der Waals surface area contributed by atoms with Crippen molar-refractivity contribution < 1.29 is 17.9 Å². The van der Waals surface area contributed by atoms with Gasteiger partial charge >= 0.3 is 6.36 Å². The molecule has 0 radical (unpaired) electrons. The first-order valence-electron chi connectivity index (χ1n) is 7.96. The minimum Gasteiger partial charge on any atom is -0.406 e. The quantitative estimate of drug-likeness (QED) is 0.770. The third-order valence-electron chi connectivity index (χ3n) is 4.08. The first-order valence-corrected chi connectivity index (χ1v) is 8.71. The van der Waals surface area contributed by atoms with Gasteiger partial charge in [0.1, 0.15) is 16.1 Å². The molecule has 1 saturated heterocycles. The van der Waals surface area contributed by atoms with Crippen molar-refractivity contribution in [3.05, 3.63) is 57.8 Å². The lowest BCUT2D eigenvalue weighted by atomic mass is 9.97. The number of hydrogen-bond acceptors (Lipinski definition) is 4. The Balaban J connectivity index is 1.95. The van der Waals surface area contributed by atoms with E-state index >= 15 is 0 Å². The molecule has 2 heterocycles. The predicted octanol–water partition coefficient (Wildman–Crippen LogP) is 4.28. The Labute approximate surface area is 158 Å². The van der Waals surface area contributed by atoms with E-state index < -0.39 is 6.36 Å². The molecule has 26 heavy (non-hydrogen) atoms. The van der Waals surface area contributed by atoms with Gasteiger partial charge in [-0.3, -0.25) is 4.90 Å². The van der Waals surface area contributed by atoms with Gasteiger partial charge in [0, 0.05) is 31.7 Å². The van der Waals surface area contributed by atoms with Crippen molar-refractivity contribution in [3.63, 3.8) is 0 Å². The van der Waals surface area contributed by atoms with E-state index in [4.69, 9.17) is 23.2 Å². The van der Waals surface area contributed by atoms with E-state index in [0.29, 0.717) is 0 Å². The van der Waals surface area contributed by atoms with Crippen LogP contribution in [-0.4, -0.2) is 42.4 Å². The van der Waals surface area contributed by atoms with Crippen LogP contribution < -0.4 is 10.1 Å². The Hall–Kier alpha value is -1.54. The number of aromatic nitrogens is 1. The van der Waals surface area contributed by atoms with Gasteiger partial charge in [0.25, 0.3) is 0 Å². The highest BCUT2D eigenvalue weighted by Crippen LogP contribution is 2.34. The van der Waals surface area contributed by atoms with Gasteiger partial charge < -0.3 is 10.1 Å². The molecule has 0 aliphatic carbocycles. The topological polar surface area (TPSA) is 37.4 Å². The van der Waals surface area contributed by atoms with Crippen LogP contribution in [0.3, 0.4) is 0 Å². The second-order valence-electron chi connectivity index (χ2n) is 5.82. The summed E-state index contributed by atoms with van der Waals surface area (Å²) in [5.74, 6) is -0.263. The lowest BCUT2D eigenvalue weighted by Crippen LogP contribution is -2.45. The minimum atomic E-state index is -4.72. The maximum atomic E-state index is 12.4. The average molecular weight is 406 g/mol. The molecule has 4 nitrogen and oxygen atoms in total. The second kappa shape index (κ2) is 8.00. The molecular weight excluding hydrogens is 390 g/mol. The van der Waals surface area contributed by atoms with Crippen molar-refractivity contribution in [3.8, 4) is 5.75 Å². The van der Waals surface area contributed by atoms with Crippen LogP contribution in [0.25, 0.3) is 0 Å². The Bertz CT molecular complexity index is 750. The Morgan fingerprint density at radius 2 is 1.69 bits per heavy atom. The summed E-state index contributed by atoms with van der Waals surface area (Å²) in [6, 6.07) is 9.03. The van der Waals surface area contributed by atoms with Gasteiger partial charge in [0.2, 0.25) is 0 Å². The summed E-state index contributed by atoms with van der Waals surface area (Å²) in [6.45, 7) is 3.16. The Kier molecular flexibility index (Phi) is 5.92. The minimum absolute atomic E-state index is 0.241. The van der Waals surface area contributed by atoms with Crippen LogP contribution in [0, 0.1) is 0 Å². The maximum absolute atomic E-state index is 12.4. The number of piperazine rings is 1. The molecule has 0 unspecified atom stereocenters. The zero-order valence-electron chi connectivity index (χ0n) is 13.6. The highest BCUT2D eigenvalue weighted by atomic mass is 35.5. The van der Waals surface area contributed by atoms with Crippen LogP contribution in [0.5, 0.6) is 5.75 Å². The molecule has 1 atom stereocenters. The van der Waals surface area contributed by atoms with Crippen molar-refractivity contribution in [2.24, 2.45) is 0 Å². The summed E-state index contributed by atoms with van der Waals surface area (Å²) in [7, 11) is 0. The van der Waals surface area contributed by atoms with Crippen LogP contribution in [0.4, 0.5) is 13.2 Å². The summed E-state index contributed by atoms with van der Waals surface area (Å²) < 4.78 is 41.1. The van der Waals surface area contributed by atoms with E-state index in [1.54, 1.807) is 24.3 Å². The molecule has 140 valence electrons. The third-order valence-corrected chi connectivity index (χ3v) is 4.60. The summed E-state index contributed by atoms with van der Waals surface area (Å²) in [5.41, 5.74) is 1.55. The van der Waals surface area contributed by atoms with Crippen molar-refractivity contribution in [1.29, 1.82) is 0 Å². The molecule has 1 aliphatic heterocycles. The maximum Gasteiger partial charge on any atom is 0.573 e. The van der Waals surface area contributed by atoms with E-state index in [9.17, 15) is 13.2 Å². The van der Waals surface area contributed by atoms with Gasteiger partial charge in [-0.25, -0.2) is 4.98 Å². The number of pyridine rings is 1. The number of benzene rings is 1. The van der Waals surface area contributed by atoms with E-state index in [-0.39, 0.29) is 22.1 Å². The van der Waals surface area contributed by atoms with E-state index in [1.807, 2.05) is 0 Å². The number of nitrogens with one attached hydrogen (secondary N) is 1. The van der Waals surface area contributed by atoms with Gasteiger partial charge in [-0.15, -0.1) is 13.2 Å². The average Bonchev–Trinajstić information content (AvgIpc) is 2.58. The van der Waals surface area contributed by atoms with E-state index in [0.717, 1.165) is 37.3 Å². The van der Waals surface area contributed by atoms with Gasteiger partial charge in [-0.1, -0.05) is 41.4 Å². The summed E-state index contributed by atoms with van der Waals surface area (Å²) in [4.78, 5) is 6.30. The zero-order chi connectivity index (χ0) is 18.7. The monoisotopic (exact) mass is 405 g/mol. The molecule has 0 amide bonds. The van der Waals surface area contributed by atoms with Crippen molar-refractivity contribution in [2.75, 3.05) is 26.2 Å². The highest BCUT2D eigenvalue weighted by Gasteiger charge is 2.31. The standard InChI is InChI=1S/C17H16Cl2F3N3O/c18-14-6-5-13(16(19)24-14)15(25-9-7-23-8-10-25)11-1-3-12(4-2-11)26-17(20,21)22/h1-6,15,23H,7-10H2/t15-/m1/s1. The SMILES string of the molecule is FC(F)(F)Oc1ccc([C@H](c2ccc(Cl)nc2Cl)N2CCNCC2)cc1. The lowest BCUT2D eigenvalue weighted by Gasteiger charge is -2.35. The Morgan fingerprint density at radius 1 is 1.04 bits per heavy atom.